The Morgan fingerprint density at radius 3 is 2.43 bits per heavy atom. The lowest BCUT2D eigenvalue weighted by atomic mass is 10.0. The van der Waals surface area contributed by atoms with Gasteiger partial charge in [-0.1, -0.05) is 42.5 Å². The van der Waals surface area contributed by atoms with Crippen LogP contribution in [0.1, 0.15) is 42.4 Å². The van der Waals surface area contributed by atoms with Crippen LogP contribution in [0.2, 0.25) is 0 Å². The molecule has 0 aromatic heterocycles. The molecule has 1 amide bonds. The number of hydrogen-bond donors (Lipinski definition) is 1. The topological polar surface area (TPSA) is 41.6 Å². The van der Waals surface area contributed by atoms with Crippen molar-refractivity contribution in [2.24, 2.45) is 0 Å². The van der Waals surface area contributed by atoms with Crippen LogP contribution in [0.4, 0.5) is 0 Å². The van der Waals surface area contributed by atoms with Gasteiger partial charge >= 0.3 is 0 Å². The van der Waals surface area contributed by atoms with Crippen molar-refractivity contribution < 1.29 is 9.53 Å². The number of para-hydroxylation sites is 1. The summed E-state index contributed by atoms with van der Waals surface area (Å²) in [7, 11) is 0. The maximum absolute atomic E-state index is 12.2. The Morgan fingerprint density at radius 1 is 1.04 bits per heavy atom. The van der Waals surface area contributed by atoms with Crippen LogP contribution < -0.4 is 10.1 Å². The summed E-state index contributed by atoms with van der Waals surface area (Å²) in [6.45, 7) is 7.86. The van der Waals surface area contributed by atoms with Crippen LogP contribution in [0.5, 0.6) is 5.75 Å². The number of piperidine rings is 1. The van der Waals surface area contributed by atoms with Crippen LogP contribution in [-0.4, -0.2) is 36.5 Å². The van der Waals surface area contributed by atoms with Crippen molar-refractivity contribution >= 4 is 5.91 Å². The van der Waals surface area contributed by atoms with Crippen molar-refractivity contribution in [1.29, 1.82) is 0 Å². The molecule has 2 aromatic rings. The van der Waals surface area contributed by atoms with Crippen LogP contribution in [0.3, 0.4) is 0 Å². The second-order valence-electron chi connectivity index (χ2n) is 7.76. The summed E-state index contributed by atoms with van der Waals surface area (Å²) in [6, 6.07) is 16.9. The number of nitrogens with one attached hydrogen (secondary N) is 1. The predicted molar refractivity (Wildman–Crippen MR) is 114 cm³/mol. The van der Waals surface area contributed by atoms with Crippen LogP contribution >= 0.6 is 0 Å². The number of carbonyl (C=O) groups is 1. The largest absolute Gasteiger partial charge is 0.493 e. The first kappa shape index (κ1) is 20.4. The second kappa shape index (κ2) is 10.3. The third-order valence-electron chi connectivity index (χ3n) is 5.51. The minimum absolute atomic E-state index is 0.144. The highest BCUT2D eigenvalue weighted by Gasteiger charge is 2.20. The molecule has 1 aliphatic rings. The molecule has 0 saturated carbocycles. The summed E-state index contributed by atoms with van der Waals surface area (Å²) < 4.78 is 5.77. The third-order valence-corrected chi connectivity index (χ3v) is 5.51. The Balaban J connectivity index is 1.31. The molecule has 2 aromatic carbocycles. The lowest BCUT2D eigenvalue weighted by molar-refractivity contribution is -0.122. The van der Waals surface area contributed by atoms with Crippen molar-refractivity contribution in [3.63, 3.8) is 0 Å². The van der Waals surface area contributed by atoms with E-state index in [0.717, 1.165) is 50.2 Å². The molecule has 0 radical (unpaired) electrons. The van der Waals surface area contributed by atoms with Crippen LogP contribution in [0, 0.1) is 13.8 Å². The quantitative estimate of drug-likeness (QED) is 0.697. The standard InChI is InChI=1S/C24H32N2O2/c1-19-8-3-5-10-21(19)18-26-15-13-22(14-16-26)25-24(27)12-7-17-28-23-11-6-4-9-20(23)2/h3-6,8-11,22H,7,12-18H2,1-2H3,(H,25,27). The number of rotatable bonds is 8. The lowest BCUT2D eigenvalue weighted by Gasteiger charge is -2.32. The van der Waals surface area contributed by atoms with Gasteiger partial charge in [-0.25, -0.2) is 0 Å². The van der Waals surface area contributed by atoms with E-state index in [9.17, 15) is 4.79 Å². The van der Waals surface area contributed by atoms with E-state index < -0.39 is 0 Å². The Labute approximate surface area is 168 Å². The van der Waals surface area contributed by atoms with Crippen molar-refractivity contribution in [3.05, 3.63) is 65.2 Å². The van der Waals surface area contributed by atoms with E-state index in [0.29, 0.717) is 19.1 Å². The maximum atomic E-state index is 12.2. The smallest absolute Gasteiger partial charge is 0.220 e. The van der Waals surface area contributed by atoms with E-state index in [4.69, 9.17) is 4.74 Å². The molecule has 1 aliphatic heterocycles. The van der Waals surface area contributed by atoms with Gasteiger partial charge in [-0.3, -0.25) is 9.69 Å². The SMILES string of the molecule is Cc1ccccc1CN1CCC(NC(=O)CCCOc2ccccc2C)CC1. The molecule has 1 N–H and O–H groups in total. The highest BCUT2D eigenvalue weighted by molar-refractivity contribution is 5.76. The van der Waals surface area contributed by atoms with Gasteiger partial charge in [-0.05, 0) is 55.9 Å². The summed E-state index contributed by atoms with van der Waals surface area (Å²) in [4.78, 5) is 14.7. The van der Waals surface area contributed by atoms with Crippen LogP contribution in [0.15, 0.2) is 48.5 Å². The molecule has 0 bridgehead atoms. The van der Waals surface area contributed by atoms with Gasteiger partial charge in [0, 0.05) is 32.1 Å². The molecule has 1 fully saturated rings. The van der Waals surface area contributed by atoms with E-state index >= 15 is 0 Å². The Bertz CT molecular complexity index is 767. The van der Waals surface area contributed by atoms with Gasteiger partial charge in [0.15, 0.2) is 0 Å². The molecule has 0 atom stereocenters. The summed E-state index contributed by atoms with van der Waals surface area (Å²) in [5.74, 6) is 1.05. The van der Waals surface area contributed by atoms with E-state index in [2.05, 4.69) is 41.4 Å². The minimum atomic E-state index is 0.144. The van der Waals surface area contributed by atoms with Gasteiger partial charge in [-0.2, -0.15) is 0 Å². The first-order chi connectivity index (χ1) is 13.6. The fourth-order valence-corrected chi connectivity index (χ4v) is 3.70. The number of carbonyl (C=O) groups excluding carboxylic acids is 1. The molecular formula is C24H32N2O2. The summed E-state index contributed by atoms with van der Waals surface area (Å²) in [5.41, 5.74) is 3.88. The maximum Gasteiger partial charge on any atom is 0.220 e. The predicted octanol–water partition coefficient (Wildman–Crippen LogP) is 4.24. The second-order valence-corrected chi connectivity index (χ2v) is 7.76. The van der Waals surface area contributed by atoms with E-state index in [1.54, 1.807) is 0 Å². The number of ether oxygens (including phenoxy) is 1. The third kappa shape index (κ3) is 6.10. The highest BCUT2D eigenvalue weighted by atomic mass is 16.5. The summed E-state index contributed by atoms with van der Waals surface area (Å²) >= 11 is 0. The average molecular weight is 381 g/mol. The molecule has 4 nitrogen and oxygen atoms in total. The molecule has 150 valence electrons. The average Bonchev–Trinajstić information content (AvgIpc) is 2.70. The number of hydrogen-bond acceptors (Lipinski definition) is 3. The first-order valence-electron chi connectivity index (χ1n) is 10.4. The van der Waals surface area contributed by atoms with Gasteiger partial charge in [0.2, 0.25) is 5.91 Å². The highest BCUT2D eigenvalue weighted by Crippen LogP contribution is 2.17. The fraction of sp³-hybridized carbons (Fsp3) is 0.458. The van der Waals surface area contributed by atoms with E-state index in [1.807, 2.05) is 31.2 Å². The monoisotopic (exact) mass is 380 g/mol. The lowest BCUT2D eigenvalue weighted by Crippen LogP contribution is -2.44. The molecule has 4 heteroatoms. The normalized spacial score (nSPS) is 15.4. The Morgan fingerprint density at radius 2 is 1.71 bits per heavy atom. The molecule has 1 saturated heterocycles. The number of aryl methyl sites for hydroxylation is 2. The molecule has 0 unspecified atom stereocenters. The van der Waals surface area contributed by atoms with E-state index in [-0.39, 0.29) is 5.91 Å². The van der Waals surface area contributed by atoms with Crippen LogP contribution in [-0.2, 0) is 11.3 Å². The number of likely N-dealkylation sites (tertiary alicyclic amines) is 1. The number of amides is 1. The van der Waals surface area contributed by atoms with Crippen molar-refractivity contribution in [2.75, 3.05) is 19.7 Å². The van der Waals surface area contributed by atoms with Crippen molar-refractivity contribution in [3.8, 4) is 5.75 Å². The summed E-state index contributed by atoms with van der Waals surface area (Å²) in [5, 5.41) is 3.20. The van der Waals surface area contributed by atoms with Gasteiger partial charge in [-0.15, -0.1) is 0 Å². The number of benzene rings is 2. The molecule has 1 heterocycles. The zero-order valence-corrected chi connectivity index (χ0v) is 17.1. The molecular weight excluding hydrogens is 348 g/mol. The summed E-state index contributed by atoms with van der Waals surface area (Å²) in [6.07, 6.45) is 3.32. The van der Waals surface area contributed by atoms with E-state index in [1.165, 1.54) is 11.1 Å². The molecule has 3 rings (SSSR count). The minimum Gasteiger partial charge on any atom is -0.493 e. The fourth-order valence-electron chi connectivity index (χ4n) is 3.70. The van der Waals surface area contributed by atoms with Gasteiger partial charge < -0.3 is 10.1 Å². The molecule has 0 spiro atoms. The first-order valence-corrected chi connectivity index (χ1v) is 10.4. The Kier molecular flexibility index (Phi) is 7.49. The van der Waals surface area contributed by atoms with Gasteiger partial charge in [0.25, 0.3) is 0 Å². The molecule has 28 heavy (non-hydrogen) atoms. The van der Waals surface area contributed by atoms with Crippen molar-refractivity contribution in [2.45, 2.75) is 52.1 Å². The van der Waals surface area contributed by atoms with Gasteiger partial charge in [0.1, 0.15) is 5.75 Å². The van der Waals surface area contributed by atoms with Crippen molar-refractivity contribution in [1.82, 2.24) is 10.2 Å². The zero-order chi connectivity index (χ0) is 19.8. The molecule has 0 aliphatic carbocycles. The number of nitrogens with zero attached hydrogens (tertiary/aromatic N) is 1. The van der Waals surface area contributed by atoms with Gasteiger partial charge in [0.05, 0.1) is 6.61 Å². The van der Waals surface area contributed by atoms with Crippen LogP contribution in [0.25, 0.3) is 0 Å². The zero-order valence-electron chi connectivity index (χ0n) is 17.1. The Hall–Kier alpha value is -2.33.